The molecular formula is C17H14O5. The van der Waals surface area contributed by atoms with Crippen LogP contribution in [0.2, 0.25) is 0 Å². The molecule has 3 rings (SSSR count). The molecule has 1 atom stereocenters. The van der Waals surface area contributed by atoms with Crippen molar-refractivity contribution >= 4 is 27.7 Å². The van der Waals surface area contributed by atoms with E-state index in [1.165, 1.54) is 7.11 Å². The van der Waals surface area contributed by atoms with Crippen LogP contribution in [-0.4, -0.2) is 19.2 Å². The highest BCUT2D eigenvalue weighted by Crippen LogP contribution is 2.26. The van der Waals surface area contributed by atoms with E-state index < -0.39 is 17.7 Å². The summed E-state index contributed by atoms with van der Waals surface area (Å²) in [6.45, 7) is 1.59. The molecule has 0 bridgehead atoms. The number of esters is 1. The summed E-state index contributed by atoms with van der Waals surface area (Å²) in [5.74, 6) is -0.0381. The third kappa shape index (κ3) is 2.41. The van der Waals surface area contributed by atoms with E-state index in [-0.39, 0.29) is 0 Å². The van der Waals surface area contributed by atoms with Gasteiger partial charge in [0.25, 0.3) is 0 Å². The number of hydrogen-bond acceptors (Lipinski definition) is 5. The molecule has 1 aromatic heterocycles. The largest absolute Gasteiger partial charge is 0.479 e. The molecule has 22 heavy (non-hydrogen) atoms. The molecular weight excluding hydrogens is 284 g/mol. The zero-order chi connectivity index (χ0) is 15.7. The van der Waals surface area contributed by atoms with Gasteiger partial charge in [-0.3, -0.25) is 0 Å². The fraction of sp³-hybridized carbons (Fsp3) is 0.176. The summed E-state index contributed by atoms with van der Waals surface area (Å²) in [4.78, 5) is 23.4. The Morgan fingerprint density at radius 3 is 2.55 bits per heavy atom. The number of rotatable bonds is 3. The Morgan fingerprint density at radius 1 is 1.09 bits per heavy atom. The molecule has 0 saturated heterocycles. The van der Waals surface area contributed by atoms with Gasteiger partial charge in [-0.1, -0.05) is 18.2 Å². The van der Waals surface area contributed by atoms with Crippen molar-refractivity contribution in [3.05, 3.63) is 52.9 Å². The minimum Gasteiger partial charge on any atom is -0.479 e. The maximum absolute atomic E-state index is 12.0. The number of benzene rings is 2. The monoisotopic (exact) mass is 298 g/mol. The quantitative estimate of drug-likeness (QED) is 0.422. The second-order valence-corrected chi connectivity index (χ2v) is 4.88. The van der Waals surface area contributed by atoms with Crippen molar-refractivity contribution in [1.82, 2.24) is 0 Å². The summed E-state index contributed by atoms with van der Waals surface area (Å²) in [5, 5.41) is 2.17. The van der Waals surface area contributed by atoms with E-state index in [4.69, 9.17) is 9.15 Å². The van der Waals surface area contributed by atoms with Crippen molar-refractivity contribution in [2.24, 2.45) is 0 Å². The Bertz CT molecular complexity index is 910. The van der Waals surface area contributed by atoms with Crippen LogP contribution >= 0.6 is 0 Å². The van der Waals surface area contributed by atoms with Crippen LogP contribution in [-0.2, 0) is 9.53 Å². The van der Waals surface area contributed by atoms with E-state index in [9.17, 15) is 9.59 Å². The second kappa shape index (κ2) is 5.52. The van der Waals surface area contributed by atoms with Crippen LogP contribution in [0.3, 0.4) is 0 Å². The maximum atomic E-state index is 12.0. The minimum atomic E-state index is -0.741. The van der Waals surface area contributed by atoms with E-state index >= 15 is 0 Å². The molecule has 0 spiro atoms. The van der Waals surface area contributed by atoms with Crippen molar-refractivity contribution in [3.63, 3.8) is 0 Å². The maximum Gasteiger partial charge on any atom is 0.346 e. The van der Waals surface area contributed by atoms with Gasteiger partial charge in [-0.15, -0.1) is 0 Å². The summed E-state index contributed by atoms with van der Waals surface area (Å²) >= 11 is 0. The molecule has 2 aromatic carbocycles. The molecule has 1 unspecified atom stereocenters. The van der Waals surface area contributed by atoms with Crippen LogP contribution in [0.4, 0.5) is 0 Å². The highest BCUT2D eigenvalue weighted by atomic mass is 16.6. The Hall–Kier alpha value is -2.82. The van der Waals surface area contributed by atoms with Gasteiger partial charge in [0, 0.05) is 11.5 Å². The minimum absolute atomic E-state index is 0.402. The van der Waals surface area contributed by atoms with Crippen molar-refractivity contribution < 1.29 is 18.7 Å². The molecule has 1 heterocycles. The highest BCUT2D eigenvalue weighted by Gasteiger charge is 2.15. The van der Waals surface area contributed by atoms with E-state index in [1.807, 2.05) is 12.1 Å². The van der Waals surface area contributed by atoms with Crippen molar-refractivity contribution in [2.45, 2.75) is 13.0 Å². The third-order valence-corrected chi connectivity index (χ3v) is 3.44. The van der Waals surface area contributed by atoms with Gasteiger partial charge >= 0.3 is 11.6 Å². The fourth-order valence-electron chi connectivity index (χ4n) is 2.35. The molecule has 0 aliphatic rings. The predicted molar refractivity (Wildman–Crippen MR) is 82.1 cm³/mol. The van der Waals surface area contributed by atoms with Crippen molar-refractivity contribution in [2.75, 3.05) is 7.11 Å². The summed E-state index contributed by atoms with van der Waals surface area (Å²) < 4.78 is 15.4. The molecule has 0 N–H and O–H groups in total. The van der Waals surface area contributed by atoms with Gasteiger partial charge < -0.3 is 13.9 Å². The smallest absolute Gasteiger partial charge is 0.346 e. The molecule has 0 radical (unpaired) electrons. The van der Waals surface area contributed by atoms with E-state index in [1.54, 1.807) is 37.3 Å². The highest BCUT2D eigenvalue weighted by molar-refractivity contribution is 6.04. The first-order valence-corrected chi connectivity index (χ1v) is 6.80. The lowest BCUT2D eigenvalue weighted by molar-refractivity contribution is -0.147. The first-order valence-electron chi connectivity index (χ1n) is 6.80. The SMILES string of the molecule is COC(=O)C(C)Oc1ccc2c(c1)oc(=O)c1ccccc12. The summed E-state index contributed by atoms with van der Waals surface area (Å²) in [7, 11) is 1.30. The first kappa shape index (κ1) is 14.1. The van der Waals surface area contributed by atoms with Gasteiger partial charge in [0.05, 0.1) is 12.5 Å². The topological polar surface area (TPSA) is 65.7 Å². The average molecular weight is 298 g/mol. The molecule has 0 fully saturated rings. The van der Waals surface area contributed by atoms with Gasteiger partial charge in [-0.2, -0.15) is 0 Å². The number of methoxy groups -OCH3 is 1. The molecule has 5 nitrogen and oxygen atoms in total. The molecule has 0 saturated carbocycles. The van der Waals surface area contributed by atoms with Crippen LogP contribution < -0.4 is 10.4 Å². The normalized spacial score (nSPS) is 12.3. The number of carbonyl (C=O) groups is 1. The zero-order valence-electron chi connectivity index (χ0n) is 12.2. The van der Waals surface area contributed by atoms with Gasteiger partial charge in [0.1, 0.15) is 11.3 Å². The van der Waals surface area contributed by atoms with Gasteiger partial charge in [-0.05, 0) is 30.5 Å². The van der Waals surface area contributed by atoms with Gasteiger partial charge in [0.15, 0.2) is 6.10 Å². The van der Waals surface area contributed by atoms with E-state index in [0.29, 0.717) is 16.7 Å². The van der Waals surface area contributed by atoms with Gasteiger partial charge in [-0.25, -0.2) is 9.59 Å². The van der Waals surface area contributed by atoms with Crippen LogP contribution in [0.5, 0.6) is 5.75 Å². The number of fused-ring (bicyclic) bond motifs is 3. The Morgan fingerprint density at radius 2 is 1.82 bits per heavy atom. The summed E-state index contributed by atoms with van der Waals surface area (Å²) in [5.41, 5.74) is 0.0135. The Kier molecular flexibility index (Phi) is 3.55. The lowest BCUT2D eigenvalue weighted by Gasteiger charge is -2.12. The Balaban J connectivity index is 2.09. The van der Waals surface area contributed by atoms with Crippen molar-refractivity contribution in [1.29, 1.82) is 0 Å². The van der Waals surface area contributed by atoms with E-state index in [0.717, 1.165) is 10.8 Å². The number of carbonyl (C=O) groups excluding carboxylic acids is 1. The third-order valence-electron chi connectivity index (χ3n) is 3.44. The average Bonchev–Trinajstić information content (AvgIpc) is 2.54. The Labute approximate surface area is 126 Å². The molecule has 112 valence electrons. The van der Waals surface area contributed by atoms with Crippen molar-refractivity contribution in [3.8, 4) is 5.75 Å². The van der Waals surface area contributed by atoms with Crippen LogP contribution in [0.1, 0.15) is 6.92 Å². The predicted octanol–water partition coefficient (Wildman–Crippen LogP) is 2.89. The zero-order valence-corrected chi connectivity index (χ0v) is 12.2. The molecule has 5 heteroatoms. The van der Waals surface area contributed by atoms with Gasteiger partial charge in [0.2, 0.25) is 0 Å². The second-order valence-electron chi connectivity index (χ2n) is 4.88. The molecule has 0 aliphatic carbocycles. The number of hydrogen-bond donors (Lipinski definition) is 0. The lowest BCUT2D eigenvalue weighted by Crippen LogP contribution is -2.24. The van der Waals surface area contributed by atoms with E-state index in [2.05, 4.69) is 4.74 Å². The van der Waals surface area contributed by atoms with Crippen LogP contribution in [0.15, 0.2) is 51.7 Å². The van der Waals surface area contributed by atoms with Crippen LogP contribution in [0, 0.1) is 0 Å². The lowest BCUT2D eigenvalue weighted by atomic mass is 10.1. The molecule has 3 aromatic rings. The first-order chi connectivity index (χ1) is 10.6. The standard InChI is InChI=1S/C17H14O5/c1-10(16(18)20-2)21-11-7-8-13-12-5-3-4-6-14(12)17(19)22-15(13)9-11/h3-10H,1-2H3. The van der Waals surface area contributed by atoms with Crippen LogP contribution in [0.25, 0.3) is 21.7 Å². The summed E-state index contributed by atoms with van der Waals surface area (Å²) in [6.07, 6.45) is -0.741. The molecule has 0 aliphatic heterocycles. The number of ether oxygens (including phenoxy) is 2. The summed E-state index contributed by atoms with van der Waals surface area (Å²) in [6, 6.07) is 12.4. The molecule has 0 amide bonds. The fourth-order valence-corrected chi connectivity index (χ4v) is 2.35.